The Labute approximate surface area is 165 Å². The number of nitrogens with zero attached hydrogens (tertiary/aromatic N) is 3. The molecule has 1 aliphatic rings. The van der Waals surface area contributed by atoms with Crippen LogP contribution in [-0.4, -0.2) is 41.9 Å². The van der Waals surface area contributed by atoms with Crippen molar-refractivity contribution in [2.75, 3.05) is 31.1 Å². The number of hydrogen-bond acceptors (Lipinski definition) is 4. The summed E-state index contributed by atoms with van der Waals surface area (Å²) in [6.45, 7) is 4.99. The van der Waals surface area contributed by atoms with Crippen LogP contribution in [0.5, 0.6) is 0 Å². The highest BCUT2D eigenvalue weighted by Gasteiger charge is 2.34. The third-order valence-electron chi connectivity index (χ3n) is 5.03. The Morgan fingerprint density at radius 2 is 1.69 bits per heavy atom. The number of nitro groups is 1. The number of aryl methyl sites for hydroxylation is 2. The first-order valence-electron chi connectivity index (χ1n) is 9.05. The van der Waals surface area contributed by atoms with Crippen molar-refractivity contribution in [1.29, 1.82) is 0 Å². The fourth-order valence-electron chi connectivity index (χ4n) is 3.40. The molecule has 1 fully saturated rings. The first-order valence-corrected chi connectivity index (χ1v) is 9.05. The zero-order valence-corrected chi connectivity index (χ0v) is 16.0. The van der Waals surface area contributed by atoms with Crippen molar-refractivity contribution in [1.82, 2.24) is 4.90 Å². The minimum Gasteiger partial charge on any atom is -0.362 e. The summed E-state index contributed by atoms with van der Waals surface area (Å²) in [4.78, 5) is 26.6. The predicted molar refractivity (Wildman–Crippen MR) is 102 cm³/mol. The van der Waals surface area contributed by atoms with Crippen molar-refractivity contribution in [2.45, 2.75) is 20.0 Å². The van der Waals surface area contributed by atoms with E-state index in [9.17, 15) is 28.1 Å². The molecule has 0 bridgehead atoms. The van der Waals surface area contributed by atoms with Crippen LogP contribution < -0.4 is 4.90 Å². The van der Waals surface area contributed by atoms with E-state index in [1.807, 2.05) is 32.0 Å². The van der Waals surface area contributed by atoms with Crippen LogP contribution in [0.1, 0.15) is 27.0 Å². The summed E-state index contributed by atoms with van der Waals surface area (Å²) in [7, 11) is 0. The zero-order valence-electron chi connectivity index (χ0n) is 16.0. The van der Waals surface area contributed by atoms with Gasteiger partial charge in [-0.2, -0.15) is 13.2 Å². The van der Waals surface area contributed by atoms with Crippen LogP contribution in [0, 0.1) is 24.0 Å². The van der Waals surface area contributed by atoms with Gasteiger partial charge in [-0.15, -0.1) is 0 Å². The van der Waals surface area contributed by atoms with Crippen molar-refractivity contribution in [3.05, 3.63) is 68.8 Å². The minimum absolute atomic E-state index is 0.118. The van der Waals surface area contributed by atoms with Gasteiger partial charge in [-0.05, 0) is 37.6 Å². The molecule has 0 aromatic heterocycles. The van der Waals surface area contributed by atoms with Gasteiger partial charge in [-0.1, -0.05) is 17.7 Å². The van der Waals surface area contributed by atoms with Crippen LogP contribution in [0.4, 0.5) is 24.5 Å². The molecule has 1 amide bonds. The molecule has 2 aromatic rings. The van der Waals surface area contributed by atoms with Gasteiger partial charge in [0.15, 0.2) is 0 Å². The normalized spacial score (nSPS) is 14.8. The van der Waals surface area contributed by atoms with E-state index in [-0.39, 0.29) is 11.6 Å². The maximum absolute atomic E-state index is 12.9. The first-order chi connectivity index (χ1) is 13.6. The summed E-state index contributed by atoms with van der Waals surface area (Å²) >= 11 is 0. The molecule has 2 aromatic carbocycles. The lowest BCUT2D eigenvalue weighted by molar-refractivity contribution is -0.384. The molecule has 3 rings (SSSR count). The number of rotatable bonds is 3. The van der Waals surface area contributed by atoms with Crippen molar-refractivity contribution in [2.24, 2.45) is 0 Å². The van der Waals surface area contributed by atoms with Crippen molar-refractivity contribution in [3.8, 4) is 0 Å². The second-order valence-corrected chi connectivity index (χ2v) is 7.06. The summed E-state index contributed by atoms with van der Waals surface area (Å²) in [6.07, 6.45) is -4.65. The maximum Gasteiger partial charge on any atom is 0.416 e. The number of carbonyl (C=O) groups excluding carboxylic acids is 1. The fourth-order valence-corrected chi connectivity index (χ4v) is 3.40. The van der Waals surface area contributed by atoms with E-state index in [4.69, 9.17) is 0 Å². The molecule has 1 heterocycles. The first kappa shape index (κ1) is 20.6. The quantitative estimate of drug-likeness (QED) is 0.565. The summed E-state index contributed by atoms with van der Waals surface area (Å²) < 4.78 is 38.7. The highest BCUT2D eigenvalue weighted by atomic mass is 19.4. The third kappa shape index (κ3) is 4.33. The molecular weight excluding hydrogens is 387 g/mol. The molecule has 1 aliphatic heterocycles. The van der Waals surface area contributed by atoms with E-state index in [2.05, 4.69) is 0 Å². The number of piperazine rings is 1. The SMILES string of the molecule is Cc1ccc(C)c(C(=O)N2CCN(c3ccc(C(F)(F)F)cc3[N+](=O)[O-])CC2)c1. The fraction of sp³-hybridized carbons (Fsp3) is 0.350. The highest BCUT2D eigenvalue weighted by Crippen LogP contribution is 2.36. The third-order valence-corrected chi connectivity index (χ3v) is 5.03. The van der Waals surface area contributed by atoms with Crippen LogP contribution in [0.3, 0.4) is 0 Å². The number of halogens is 3. The van der Waals surface area contributed by atoms with Crippen LogP contribution in [0.2, 0.25) is 0 Å². The largest absolute Gasteiger partial charge is 0.416 e. The lowest BCUT2D eigenvalue weighted by Crippen LogP contribution is -2.49. The van der Waals surface area contributed by atoms with Crippen LogP contribution in [0.15, 0.2) is 36.4 Å². The van der Waals surface area contributed by atoms with Crippen LogP contribution in [-0.2, 0) is 6.18 Å². The number of benzene rings is 2. The molecule has 1 saturated heterocycles. The zero-order chi connectivity index (χ0) is 21.3. The van der Waals surface area contributed by atoms with E-state index in [1.54, 1.807) is 9.80 Å². The number of nitro benzene ring substituents is 1. The Morgan fingerprint density at radius 3 is 2.28 bits per heavy atom. The van der Waals surface area contributed by atoms with E-state index in [1.165, 1.54) is 0 Å². The molecule has 0 aliphatic carbocycles. The minimum atomic E-state index is -4.65. The molecule has 0 radical (unpaired) electrons. The van der Waals surface area contributed by atoms with Gasteiger partial charge >= 0.3 is 6.18 Å². The summed E-state index contributed by atoms with van der Waals surface area (Å²) in [5.74, 6) is -0.118. The van der Waals surface area contributed by atoms with Gasteiger partial charge in [0.1, 0.15) is 5.69 Å². The lowest BCUT2D eigenvalue weighted by atomic mass is 10.0. The van der Waals surface area contributed by atoms with Gasteiger partial charge in [0, 0.05) is 37.8 Å². The Morgan fingerprint density at radius 1 is 1.03 bits per heavy atom. The molecule has 29 heavy (non-hydrogen) atoms. The molecule has 0 saturated carbocycles. The van der Waals surface area contributed by atoms with E-state index >= 15 is 0 Å². The maximum atomic E-state index is 12.9. The number of alkyl halides is 3. The monoisotopic (exact) mass is 407 g/mol. The highest BCUT2D eigenvalue weighted by molar-refractivity contribution is 5.96. The standard InChI is InChI=1S/C20H20F3N3O3/c1-13-3-4-14(2)16(11-13)19(27)25-9-7-24(8-10-25)17-6-5-15(20(21,22)23)12-18(17)26(28)29/h3-6,11-12H,7-10H2,1-2H3. The van der Waals surface area contributed by atoms with E-state index < -0.39 is 22.4 Å². The van der Waals surface area contributed by atoms with Gasteiger partial charge in [-0.3, -0.25) is 14.9 Å². The smallest absolute Gasteiger partial charge is 0.362 e. The molecule has 9 heteroatoms. The van der Waals surface area contributed by atoms with Gasteiger partial charge < -0.3 is 9.80 Å². The second kappa shape index (κ2) is 7.73. The predicted octanol–water partition coefficient (Wildman–Crippen LogP) is 4.19. The summed E-state index contributed by atoms with van der Waals surface area (Å²) in [5.41, 5.74) is 0.922. The van der Waals surface area contributed by atoms with Gasteiger partial charge in [0.05, 0.1) is 10.5 Å². The van der Waals surface area contributed by atoms with Crippen molar-refractivity contribution < 1.29 is 22.9 Å². The Balaban J connectivity index is 1.78. The number of hydrogen-bond donors (Lipinski definition) is 0. The molecular formula is C20H20F3N3O3. The average molecular weight is 407 g/mol. The second-order valence-electron chi connectivity index (χ2n) is 7.06. The lowest BCUT2D eigenvalue weighted by Gasteiger charge is -2.36. The average Bonchev–Trinajstić information content (AvgIpc) is 2.68. The molecule has 0 spiro atoms. The number of anilines is 1. The van der Waals surface area contributed by atoms with Gasteiger partial charge in [-0.25, -0.2) is 0 Å². The van der Waals surface area contributed by atoms with Gasteiger partial charge in [0.2, 0.25) is 0 Å². The number of amides is 1. The summed E-state index contributed by atoms with van der Waals surface area (Å²) in [5, 5.41) is 11.3. The Kier molecular flexibility index (Phi) is 5.50. The van der Waals surface area contributed by atoms with Crippen LogP contribution >= 0.6 is 0 Å². The molecule has 0 atom stereocenters. The molecule has 0 N–H and O–H groups in total. The van der Waals surface area contributed by atoms with Gasteiger partial charge in [0.25, 0.3) is 11.6 Å². The van der Waals surface area contributed by atoms with Crippen molar-refractivity contribution in [3.63, 3.8) is 0 Å². The molecule has 0 unspecified atom stereocenters. The molecule has 6 nitrogen and oxygen atoms in total. The number of carbonyl (C=O) groups is 1. The van der Waals surface area contributed by atoms with E-state index in [0.717, 1.165) is 23.3 Å². The van der Waals surface area contributed by atoms with E-state index in [0.29, 0.717) is 37.8 Å². The Hall–Kier alpha value is -3.10. The summed E-state index contributed by atoms with van der Waals surface area (Å²) in [6, 6.07) is 8.16. The van der Waals surface area contributed by atoms with Crippen molar-refractivity contribution >= 4 is 17.3 Å². The molecule has 154 valence electrons. The topological polar surface area (TPSA) is 66.7 Å². The van der Waals surface area contributed by atoms with Crippen LogP contribution in [0.25, 0.3) is 0 Å². The Bertz CT molecular complexity index is 952.